The zero-order valence-corrected chi connectivity index (χ0v) is 12.9. The van der Waals surface area contributed by atoms with Gasteiger partial charge in [0, 0.05) is 16.8 Å². The fourth-order valence-corrected chi connectivity index (χ4v) is 2.37. The van der Waals surface area contributed by atoms with E-state index in [1.165, 1.54) is 5.56 Å². The lowest BCUT2D eigenvalue weighted by atomic mass is 10.1. The highest BCUT2D eigenvalue weighted by atomic mass is 35.5. The van der Waals surface area contributed by atoms with E-state index in [2.05, 4.69) is 30.4 Å². The first-order valence-corrected chi connectivity index (χ1v) is 7.12. The van der Waals surface area contributed by atoms with Crippen LogP contribution in [0.3, 0.4) is 0 Å². The molecule has 0 fully saturated rings. The minimum absolute atomic E-state index is 0.334. The highest BCUT2D eigenvalue weighted by molar-refractivity contribution is 6.31. The Hall–Kier alpha value is -1.67. The van der Waals surface area contributed by atoms with Crippen LogP contribution in [0.25, 0.3) is 0 Å². The summed E-state index contributed by atoms with van der Waals surface area (Å²) in [4.78, 5) is 0. The molecule has 3 heteroatoms. The van der Waals surface area contributed by atoms with Crippen molar-refractivity contribution in [3.05, 3.63) is 58.6 Å². The Bertz CT molecular complexity index is 566. The van der Waals surface area contributed by atoms with Crippen molar-refractivity contribution < 1.29 is 4.74 Å². The summed E-state index contributed by atoms with van der Waals surface area (Å²) >= 11 is 6.14. The third-order valence-electron chi connectivity index (χ3n) is 3.37. The van der Waals surface area contributed by atoms with E-state index in [4.69, 9.17) is 16.3 Å². The molecule has 20 heavy (non-hydrogen) atoms. The summed E-state index contributed by atoms with van der Waals surface area (Å²) in [5.74, 6) is 0.889. The Kier molecular flexibility index (Phi) is 4.91. The number of anilines is 1. The van der Waals surface area contributed by atoms with E-state index in [0.29, 0.717) is 6.04 Å². The number of methoxy groups -OCH3 is 1. The summed E-state index contributed by atoms with van der Waals surface area (Å²) < 4.78 is 5.17. The van der Waals surface area contributed by atoms with Crippen molar-refractivity contribution in [2.45, 2.75) is 26.3 Å². The van der Waals surface area contributed by atoms with Crippen LogP contribution in [0.4, 0.5) is 5.69 Å². The van der Waals surface area contributed by atoms with Gasteiger partial charge in [0.25, 0.3) is 0 Å². The molecule has 2 nitrogen and oxygen atoms in total. The summed E-state index contributed by atoms with van der Waals surface area (Å²) in [5, 5.41) is 4.31. The zero-order chi connectivity index (χ0) is 14.5. The van der Waals surface area contributed by atoms with Crippen LogP contribution in [-0.2, 0) is 6.42 Å². The minimum atomic E-state index is 0.334. The predicted octanol–water partition coefficient (Wildman–Crippen LogP) is 4.70. The molecular weight excluding hydrogens is 270 g/mol. The molecule has 2 aromatic rings. The van der Waals surface area contributed by atoms with Crippen molar-refractivity contribution in [1.29, 1.82) is 0 Å². The van der Waals surface area contributed by atoms with E-state index in [9.17, 15) is 0 Å². The molecule has 1 unspecified atom stereocenters. The van der Waals surface area contributed by atoms with Gasteiger partial charge in [0.15, 0.2) is 0 Å². The van der Waals surface area contributed by atoms with E-state index < -0.39 is 0 Å². The number of halogens is 1. The molecule has 0 saturated heterocycles. The van der Waals surface area contributed by atoms with Crippen LogP contribution < -0.4 is 10.1 Å². The van der Waals surface area contributed by atoms with Crippen LogP contribution in [0.2, 0.25) is 5.02 Å². The van der Waals surface area contributed by atoms with Crippen LogP contribution in [0.5, 0.6) is 5.75 Å². The third-order valence-corrected chi connectivity index (χ3v) is 3.78. The lowest BCUT2D eigenvalue weighted by Crippen LogP contribution is -2.18. The van der Waals surface area contributed by atoms with Crippen molar-refractivity contribution in [1.82, 2.24) is 0 Å². The second kappa shape index (κ2) is 6.67. The molecule has 0 radical (unpaired) electrons. The van der Waals surface area contributed by atoms with E-state index in [0.717, 1.165) is 28.4 Å². The second-order valence-electron chi connectivity index (χ2n) is 5.01. The highest BCUT2D eigenvalue weighted by Gasteiger charge is 2.07. The molecule has 0 aromatic heterocycles. The summed E-state index contributed by atoms with van der Waals surface area (Å²) in [5.41, 5.74) is 3.47. The number of hydrogen-bond acceptors (Lipinski definition) is 2. The summed E-state index contributed by atoms with van der Waals surface area (Å²) in [7, 11) is 1.68. The van der Waals surface area contributed by atoms with Gasteiger partial charge < -0.3 is 10.1 Å². The van der Waals surface area contributed by atoms with E-state index >= 15 is 0 Å². The van der Waals surface area contributed by atoms with Crippen LogP contribution in [-0.4, -0.2) is 13.2 Å². The number of nitrogens with one attached hydrogen (secondary N) is 1. The molecule has 0 heterocycles. The molecule has 0 amide bonds. The third kappa shape index (κ3) is 3.67. The summed E-state index contributed by atoms with van der Waals surface area (Å²) in [6.07, 6.45) is 0.954. The molecule has 0 saturated carbocycles. The molecule has 1 atom stereocenters. The first-order valence-electron chi connectivity index (χ1n) is 6.74. The van der Waals surface area contributed by atoms with Gasteiger partial charge in [0.2, 0.25) is 0 Å². The second-order valence-corrected chi connectivity index (χ2v) is 5.42. The predicted molar refractivity (Wildman–Crippen MR) is 86.0 cm³/mol. The molecule has 0 spiro atoms. The molecule has 0 bridgehead atoms. The molecule has 2 aromatic carbocycles. The van der Waals surface area contributed by atoms with Gasteiger partial charge in [0.1, 0.15) is 5.75 Å². The maximum atomic E-state index is 6.14. The monoisotopic (exact) mass is 289 g/mol. The number of benzene rings is 2. The van der Waals surface area contributed by atoms with Crippen molar-refractivity contribution in [3.8, 4) is 5.75 Å². The first-order chi connectivity index (χ1) is 9.60. The van der Waals surface area contributed by atoms with Crippen LogP contribution in [0.1, 0.15) is 18.1 Å². The van der Waals surface area contributed by atoms with Crippen molar-refractivity contribution in [2.24, 2.45) is 0 Å². The maximum absolute atomic E-state index is 6.14. The normalized spacial score (nSPS) is 12.0. The number of rotatable bonds is 5. The van der Waals surface area contributed by atoms with E-state index in [1.54, 1.807) is 7.11 Å². The lowest BCUT2D eigenvalue weighted by Gasteiger charge is -2.18. The topological polar surface area (TPSA) is 21.3 Å². The zero-order valence-electron chi connectivity index (χ0n) is 12.1. The van der Waals surface area contributed by atoms with Gasteiger partial charge >= 0.3 is 0 Å². The molecule has 106 valence electrons. The number of hydrogen-bond donors (Lipinski definition) is 1. The van der Waals surface area contributed by atoms with Gasteiger partial charge in [0.05, 0.1) is 7.11 Å². The molecule has 1 N–H and O–H groups in total. The first kappa shape index (κ1) is 14.7. The van der Waals surface area contributed by atoms with E-state index in [-0.39, 0.29) is 0 Å². The average molecular weight is 290 g/mol. The van der Waals surface area contributed by atoms with Gasteiger partial charge in [-0.15, -0.1) is 0 Å². The molecule has 2 rings (SSSR count). The van der Waals surface area contributed by atoms with Crippen LogP contribution in [0.15, 0.2) is 42.5 Å². The van der Waals surface area contributed by atoms with Crippen LogP contribution >= 0.6 is 11.6 Å². The molecular formula is C17H20ClNO. The van der Waals surface area contributed by atoms with Crippen molar-refractivity contribution in [3.63, 3.8) is 0 Å². The van der Waals surface area contributed by atoms with Crippen LogP contribution in [0, 0.1) is 6.92 Å². The van der Waals surface area contributed by atoms with Crippen molar-refractivity contribution >= 4 is 17.3 Å². The Morgan fingerprint density at radius 1 is 1.15 bits per heavy atom. The van der Waals surface area contributed by atoms with Gasteiger partial charge in [-0.05, 0) is 55.7 Å². The standard InChI is InChI=1S/C17H20ClNO/c1-12(11-14-7-9-15(20-3)10-8-14)19-17-6-4-5-16(18)13(17)2/h4-10,12,19H,11H2,1-3H3. The Balaban J connectivity index is 2.01. The minimum Gasteiger partial charge on any atom is -0.497 e. The smallest absolute Gasteiger partial charge is 0.118 e. The fourth-order valence-electron chi connectivity index (χ4n) is 2.20. The molecule has 0 aliphatic carbocycles. The van der Waals surface area contributed by atoms with Gasteiger partial charge in [-0.2, -0.15) is 0 Å². The molecule has 0 aliphatic heterocycles. The highest BCUT2D eigenvalue weighted by Crippen LogP contribution is 2.24. The Morgan fingerprint density at radius 3 is 2.50 bits per heavy atom. The summed E-state index contributed by atoms with van der Waals surface area (Å²) in [6.45, 7) is 4.20. The maximum Gasteiger partial charge on any atom is 0.118 e. The largest absolute Gasteiger partial charge is 0.497 e. The van der Waals surface area contributed by atoms with Gasteiger partial charge in [-0.25, -0.2) is 0 Å². The average Bonchev–Trinajstić information content (AvgIpc) is 2.45. The lowest BCUT2D eigenvalue weighted by molar-refractivity contribution is 0.414. The van der Waals surface area contributed by atoms with Crippen molar-refractivity contribution in [2.75, 3.05) is 12.4 Å². The Labute approximate surface area is 125 Å². The summed E-state index contributed by atoms with van der Waals surface area (Å²) in [6, 6.07) is 14.5. The molecule has 0 aliphatic rings. The van der Waals surface area contributed by atoms with E-state index in [1.807, 2.05) is 31.2 Å². The Morgan fingerprint density at radius 2 is 1.85 bits per heavy atom. The number of ether oxygens (including phenoxy) is 1. The van der Waals surface area contributed by atoms with Gasteiger partial charge in [-0.1, -0.05) is 29.8 Å². The quantitative estimate of drug-likeness (QED) is 0.861. The van der Waals surface area contributed by atoms with Gasteiger partial charge in [-0.3, -0.25) is 0 Å². The SMILES string of the molecule is COc1ccc(CC(C)Nc2cccc(Cl)c2C)cc1. The fraction of sp³-hybridized carbons (Fsp3) is 0.294.